The summed E-state index contributed by atoms with van der Waals surface area (Å²) in [5.41, 5.74) is 7.62. The number of fused-ring (bicyclic) bond motifs is 1. The Morgan fingerprint density at radius 3 is 2.63 bits per heavy atom. The number of carbonyl (C=O) groups excluding carboxylic acids is 1. The number of nitrogens with zero attached hydrogens (tertiary/aromatic N) is 4. The van der Waals surface area contributed by atoms with Crippen LogP contribution in [0.25, 0.3) is 11.0 Å². The fourth-order valence-corrected chi connectivity index (χ4v) is 5.04. The van der Waals surface area contributed by atoms with Crippen molar-refractivity contribution in [2.45, 2.75) is 30.8 Å². The van der Waals surface area contributed by atoms with Gasteiger partial charge in [-0.2, -0.15) is 0 Å². The van der Waals surface area contributed by atoms with Gasteiger partial charge in [0.15, 0.2) is 0 Å². The zero-order chi connectivity index (χ0) is 24.3. The van der Waals surface area contributed by atoms with Crippen molar-refractivity contribution in [1.82, 2.24) is 25.2 Å². The summed E-state index contributed by atoms with van der Waals surface area (Å²) in [6.45, 7) is 5.51. The van der Waals surface area contributed by atoms with Crippen LogP contribution in [0.1, 0.15) is 30.9 Å². The van der Waals surface area contributed by atoms with E-state index in [1.165, 1.54) is 0 Å². The highest BCUT2D eigenvalue weighted by Crippen LogP contribution is 2.29. The number of nitrogens with two attached hydrogens (primary N) is 1. The summed E-state index contributed by atoms with van der Waals surface area (Å²) in [5, 5.41) is 4.92. The van der Waals surface area contributed by atoms with Gasteiger partial charge < -0.3 is 25.7 Å². The van der Waals surface area contributed by atoms with Crippen LogP contribution >= 0.6 is 11.6 Å². The number of anilines is 1. The third kappa shape index (κ3) is 5.43. The minimum absolute atomic E-state index is 0.103. The van der Waals surface area contributed by atoms with E-state index in [2.05, 4.69) is 30.1 Å². The van der Waals surface area contributed by atoms with Crippen LogP contribution in [-0.4, -0.2) is 77.2 Å². The van der Waals surface area contributed by atoms with Crippen molar-refractivity contribution in [1.29, 1.82) is 0 Å². The smallest absolute Gasteiger partial charge is 0.240 e. The number of nitrogens with one attached hydrogen (secondary N) is 2. The van der Waals surface area contributed by atoms with Crippen molar-refractivity contribution in [2.75, 3.05) is 50.8 Å². The quantitative estimate of drug-likeness (QED) is 0.459. The molecule has 0 radical (unpaired) electrons. The molecule has 0 spiro atoms. The Labute approximate surface area is 210 Å². The molecule has 2 aromatic heterocycles. The zero-order valence-corrected chi connectivity index (χ0v) is 20.5. The van der Waals surface area contributed by atoms with Gasteiger partial charge in [-0.15, -0.1) is 0 Å². The van der Waals surface area contributed by atoms with Crippen LogP contribution in [-0.2, 0) is 9.53 Å². The topological polar surface area (TPSA) is 112 Å². The van der Waals surface area contributed by atoms with E-state index >= 15 is 0 Å². The molecule has 9 nitrogen and oxygen atoms in total. The lowest BCUT2D eigenvalue weighted by Crippen LogP contribution is -2.60. The minimum Gasteiger partial charge on any atom is -0.379 e. The Balaban J connectivity index is 1.25. The van der Waals surface area contributed by atoms with E-state index in [1.54, 1.807) is 6.33 Å². The maximum absolute atomic E-state index is 13.5. The zero-order valence-electron chi connectivity index (χ0n) is 19.8. The van der Waals surface area contributed by atoms with Crippen molar-refractivity contribution in [2.24, 2.45) is 5.73 Å². The van der Waals surface area contributed by atoms with Crippen molar-refractivity contribution in [3.05, 3.63) is 53.4 Å². The minimum atomic E-state index is -0.926. The van der Waals surface area contributed by atoms with Crippen LogP contribution in [0.3, 0.4) is 0 Å². The fraction of sp³-hybridized carbons (Fsp3) is 0.480. The average molecular weight is 498 g/mol. The Morgan fingerprint density at radius 1 is 1.14 bits per heavy atom. The Kier molecular flexibility index (Phi) is 7.19. The summed E-state index contributed by atoms with van der Waals surface area (Å²) in [6.07, 6.45) is 5.32. The summed E-state index contributed by atoms with van der Waals surface area (Å²) >= 11 is 6.11. The van der Waals surface area contributed by atoms with E-state index in [4.69, 9.17) is 22.1 Å². The number of amides is 1. The van der Waals surface area contributed by atoms with Crippen molar-refractivity contribution in [3.8, 4) is 0 Å². The number of halogens is 1. The van der Waals surface area contributed by atoms with Gasteiger partial charge in [0.25, 0.3) is 0 Å². The molecule has 4 N–H and O–H groups in total. The lowest BCUT2D eigenvalue weighted by Gasteiger charge is -2.39. The standard InChI is InChI=1S/C25H32ClN7O2/c26-19-3-1-18(2-4-19)21(6-10-32-13-15-35-16-14-32)31-24(34)25(27)7-11-33(12-8-25)23-20-5-9-28-22(20)29-17-30-23/h1-5,9,17,21H,6-8,10-16,27H2,(H,31,34)(H,28,29,30)/t21-/m0/s1. The van der Waals surface area contributed by atoms with Gasteiger partial charge in [-0.25, -0.2) is 9.97 Å². The van der Waals surface area contributed by atoms with Crippen LogP contribution < -0.4 is 16.0 Å². The van der Waals surface area contributed by atoms with E-state index in [9.17, 15) is 4.79 Å². The van der Waals surface area contributed by atoms with Crippen LogP contribution in [0.4, 0.5) is 5.82 Å². The Hall–Kier alpha value is -2.72. The van der Waals surface area contributed by atoms with E-state index < -0.39 is 5.54 Å². The molecule has 3 aromatic rings. The molecular formula is C25H32ClN7O2. The maximum atomic E-state index is 13.5. The highest BCUT2D eigenvalue weighted by Gasteiger charge is 2.39. The number of aromatic amines is 1. The summed E-state index contributed by atoms with van der Waals surface area (Å²) in [5.74, 6) is 0.775. The molecule has 1 amide bonds. The van der Waals surface area contributed by atoms with Gasteiger partial charge in [-0.3, -0.25) is 9.69 Å². The number of ether oxygens (including phenoxy) is 1. The number of rotatable bonds is 7. The Bertz CT molecular complexity index is 1140. The number of benzene rings is 1. The summed E-state index contributed by atoms with van der Waals surface area (Å²) < 4.78 is 5.46. The van der Waals surface area contributed by atoms with Gasteiger partial charge in [0.05, 0.1) is 30.2 Å². The van der Waals surface area contributed by atoms with Gasteiger partial charge in [0.2, 0.25) is 5.91 Å². The van der Waals surface area contributed by atoms with Gasteiger partial charge in [0, 0.05) is 43.9 Å². The first-order chi connectivity index (χ1) is 17.0. The molecule has 2 fully saturated rings. The molecule has 2 aliphatic heterocycles. The van der Waals surface area contributed by atoms with Crippen LogP contribution in [0.5, 0.6) is 0 Å². The molecule has 0 bridgehead atoms. The second kappa shape index (κ2) is 10.5. The molecule has 2 saturated heterocycles. The molecule has 0 aliphatic carbocycles. The molecule has 1 atom stereocenters. The van der Waals surface area contributed by atoms with E-state index in [0.29, 0.717) is 31.0 Å². The number of hydrogen-bond donors (Lipinski definition) is 3. The number of hydrogen-bond acceptors (Lipinski definition) is 7. The van der Waals surface area contributed by atoms with Crippen molar-refractivity contribution >= 4 is 34.4 Å². The van der Waals surface area contributed by atoms with E-state index in [1.807, 2.05) is 36.5 Å². The van der Waals surface area contributed by atoms with Gasteiger partial charge in [-0.05, 0) is 43.0 Å². The normalized spacial score (nSPS) is 19.5. The number of morpholine rings is 1. The molecule has 0 saturated carbocycles. The predicted octanol–water partition coefficient (Wildman–Crippen LogP) is 2.49. The van der Waals surface area contributed by atoms with E-state index in [-0.39, 0.29) is 11.9 Å². The molecule has 0 unspecified atom stereocenters. The summed E-state index contributed by atoms with van der Waals surface area (Å²) in [4.78, 5) is 29.9. The lowest BCUT2D eigenvalue weighted by molar-refractivity contribution is -0.128. The lowest BCUT2D eigenvalue weighted by atomic mass is 9.87. The van der Waals surface area contributed by atoms with Gasteiger partial charge in [0.1, 0.15) is 17.8 Å². The average Bonchev–Trinajstić information content (AvgIpc) is 3.37. The molecule has 4 heterocycles. The first-order valence-corrected chi connectivity index (χ1v) is 12.6. The maximum Gasteiger partial charge on any atom is 0.240 e. The molecule has 186 valence electrons. The largest absolute Gasteiger partial charge is 0.379 e. The fourth-order valence-electron chi connectivity index (χ4n) is 4.91. The molecule has 2 aliphatic rings. The van der Waals surface area contributed by atoms with Crippen LogP contribution in [0, 0.1) is 0 Å². The number of carbonyl (C=O) groups is 1. The molecule has 5 rings (SSSR count). The second-order valence-electron chi connectivity index (χ2n) is 9.40. The van der Waals surface area contributed by atoms with Crippen LogP contribution in [0.15, 0.2) is 42.9 Å². The number of piperidine rings is 1. The Morgan fingerprint density at radius 2 is 1.89 bits per heavy atom. The molecule has 35 heavy (non-hydrogen) atoms. The summed E-state index contributed by atoms with van der Waals surface area (Å²) in [7, 11) is 0. The highest BCUT2D eigenvalue weighted by atomic mass is 35.5. The number of aromatic nitrogens is 3. The molecule has 10 heteroatoms. The van der Waals surface area contributed by atoms with Crippen molar-refractivity contribution < 1.29 is 9.53 Å². The first-order valence-electron chi connectivity index (χ1n) is 12.2. The third-order valence-electron chi connectivity index (χ3n) is 7.16. The summed E-state index contributed by atoms with van der Waals surface area (Å²) in [6, 6.07) is 9.54. The van der Waals surface area contributed by atoms with E-state index in [0.717, 1.165) is 61.7 Å². The SMILES string of the molecule is NC1(C(=O)N[C@@H](CCN2CCOCC2)c2ccc(Cl)cc2)CCN(c2ncnc3[nH]ccc23)CC1. The number of H-pyrrole nitrogens is 1. The van der Waals surface area contributed by atoms with Crippen LogP contribution in [0.2, 0.25) is 5.02 Å². The molecular weight excluding hydrogens is 466 g/mol. The van der Waals surface area contributed by atoms with Crippen molar-refractivity contribution in [3.63, 3.8) is 0 Å². The van der Waals surface area contributed by atoms with Gasteiger partial charge in [-0.1, -0.05) is 23.7 Å². The predicted molar refractivity (Wildman–Crippen MR) is 136 cm³/mol. The first kappa shape index (κ1) is 24.0. The second-order valence-corrected chi connectivity index (χ2v) is 9.84. The highest BCUT2D eigenvalue weighted by molar-refractivity contribution is 6.30. The third-order valence-corrected chi connectivity index (χ3v) is 7.41. The van der Waals surface area contributed by atoms with Gasteiger partial charge >= 0.3 is 0 Å². The molecule has 1 aromatic carbocycles. The monoisotopic (exact) mass is 497 g/mol.